The van der Waals surface area contributed by atoms with Crippen LogP contribution in [0, 0.1) is 0 Å². The summed E-state index contributed by atoms with van der Waals surface area (Å²) in [5, 5.41) is 20.5. The van der Waals surface area contributed by atoms with Crippen LogP contribution in [0.15, 0.2) is 12.2 Å². The largest absolute Gasteiger partial charge is 0.362 e. The second-order valence-corrected chi connectivity index (χ2v) is 7.29. The molecule has 0 amide bonds. The highest BCUT2D eigenvalue weighted by molar-refractivity contribution is 7.53. The summed E-state index contributed by atoms with van der Waals surface area (Å²) in [6.07, 6.45) is 10.5. The standard InChI is InChI=1S/C14H30NO7P.2CH4/c1-2-3-4-5-6-7-8-9-10-14(20-16)13-19-23(18,12-11-15)22-21-17;;/h2-3,14,16-17H,4-13,15H2,1H3;2*1H4. The first kappa shape index (κ1) is 29.5. The molecule has 0 aromatic heterocycles. The van der Waals surface area contributed by atoms with Gasteiger partial charge in [-0.2, -0.15) is 0 Å². The molecule has 0 heterocycles. The van der Waals surface area contributed by atoms with Gasteiger partial charge in [-0.05, 0) is 26.2 Å². The molecule has 25 heavy (non-hydrogen) atoms. The van der Waals surface area contributed by atoms with E-state index in [1.54, 1.807) is 0 Å². The van der Waals surface area contributed by atoms with Crippen LogP contribution >= 0.6 is 7.60 Å². The molecule has 0 rings (SSSR count). The Bertz CT molecular complexity index is 332. The van der Waals surface area contributed by atoms with Crippen molar-refractivity contribution in [2.24, 2.45) is 5.73 Å². The Labute approximate surface area is 152 Å². The van der Waals surface area contributed by atoms with Crippen molar-refractivity contribution in [2.75, 3.05) is 19.3 Å². The quantitative estimate of drug-likeness (QED) is 0.111. The Hall–Kier alpha value is -0.310. The predicted octanol–water partition coefficient (Wildman–Crippen LogP) is 5.01. The third-order valence-electron chi connectivity index (χ3n) is 3.29. The van der Waals surface area contributed by atoms with Gasteiger partial charge in [-0.25, -0.2) is 10.1 Å². The van der Waals surface area contributed by atoms with Crippen LogP contribution in [0.4, 0.5) is 0 Å². The average Bonchev–Trinajstić information content (AvgIpc) is 2.53. The highest BCUT2D eigenvalue weighted by atomic mass is 31.2. The van der Waals surface area contributed by atoms with Gasteiger partial charge in [-0.1, -0.05) is 57.7 Å². The van der Waals surface area contributed by atoms with Crippen molar-refractivity contribution in [2.45, 2.75) is 72.8 Å². The zero-order valence-electron chi connectivity index (χ0n) is 13.8. The van der Waals surface area contributed by atoms with Crippen molar-refractivity contribution in [3.8, 4) is 0 Å². The minimum Gasteiger partial charge on any atom is -0.330 e. The van der Waals surface area contributed by atoms with Crippen LogP contribution in [-0.4, -0.2) is 35.9 Å². The second kappa shape index (κ2) is 20.0. The van der Waals surface area contributed by atoms with E-state index in [-0.39, 0.29) is 34.2 Å². The maximum absolute atomic E-state index is 12.0. The maximum Gasteiger partial charge on any atom is 0.362 e. The SMILES string of the molecule is C.C.CC=CCCCCCCCC(COP(=O)(CCN)OOO)OO. The van der Waals surface area contributed by atoms with E-state index < -0.39 is 13.7 Å². The molecule has 0 aromatic carbocycles. The van der Waals surface area contributed by atoms with Crippen molar-refractivity contribution >= 4 is 7.60 Å². The Kier molecular flexibility index (Phi) is 23.6. The average molecular weight is 387 g/mol. The van der Waals surface area contributed by atoms with Crippen LogP contribution in [0.5, 0.6) is 0 Å². The summed E-state index contributed by atoms with van der Waals surface area (Å²) in [4.78, 5) is 4.32. The van der Waals surface area contributed by atoms with Crippen LogP contribution in [0.1, 0.15) is 66.7 Å². The summed E-state index contributed by atoms with van der Waals surface area (Å²) >= 11 is 0. The van der Waals surface area contributed by atoms with E-state index in [9.17, 15) is 4.57 Å². The summed E-state index contributed by atoms with van der Waals surface area (Å²) in [7, 11) is -3.64. The number of rotatable bonds is 16. The molecule has 9 heteroatoms. The fraction of sp³-hybridized carbons (Fsp3) is 0.875. The van der Waals surface area contributed by atoms with E-state index >= 15 is 0 Å². The highest BCUT2D eigenvalue weighted by Gasteiger charge is 2.27. The molecule has 0 bridgehead atoms. The number of unbranched alkanes of at least 4 members (excludes halogenated alkanes) is 5. The minimum absolute atomic E-state index is 0. The molecule has 0 spiro atoms. The fourth-order valence-corrected chi connectivity index (χ4v) is 3.08. The second-order valence-electron chi connectivity index (χ2n) is 5.21. The topological polar surface area (TPSA) is 120 Å². The van der Waals surface area contributed by atoms with Crippen LogP contribution in [0.2, 0.25) is 0 Å². The van der Waals surface area contributed by atoms with Crippen LogP contribution in [0.25, 0.3) is 0 Å². The van der Waals surface area contributed by atoms with Crippen molar-refractivity contribution < 1.29 is 34.2 Å². The van der Waals surface area contributed by atoms with Gasteiger partial charge in [-0.3, -0.25) is 9.82 Å². The molecule has 8 nitrogen and oxygen atoms in total. The molecule has 0 saturated carbocycles. The molecule has 0 aromatic rings. The van der Waals surface area contributed by atoms with Gasteiger partial charge in [0.2, 0.25) is 0 Å². The van der Waals surface area contributed by atoms with Gasteiger partial charge in [-0.15, -0.1) is 4.67 Å². The smallest absolute Gasteiger partial charge is 0.330 e. The van der Waals surface area contributed by atoms with Gasteiger partial charge >= 0.3 is 7.60 Å². The zero-order valence-corrected chi connectivity index (χ0v) is 14.7. The van der Waals surface area contributed by atoms with E-state index in [4.69, 9.17) is 20.8 Å². The molecular weight excluding hydrogens is 349 g/mol. The summed E-state index contributed by atoms with van der Waals surface area (Å²) in [6.45, 7) is 1.91. The third-order valence-corrected chi connectivity index (χ3v) is 4.93. The van der Waals surface area contributed by atoms with Crippen molar-refractivity contribution in [1.29, 1.82) is 0 Å². The molecule has 2 atom stereocenters. The van der Waals surface area contributed by atoms with Crippen molar-refractivity contribution in [3.05, 3.63) is 12.2 Å². The number of hydrogen-bond acceptors (Lipinski definition) is 8. The fourth-order valence-electron chi connectivity index (χ4n) is 2.03. The lowest BCUT2D eigenvalue weighted by atomic mass is 10.1. The molecule has 0 aliphatic heterocycles. The van der Waals surface area contributed by atoms with E-state index in [2.05, 4.69) is 26.8 Å². The summed E-state index contributed by atoms with van der Waals surface area (Å²) < 4.78 is 21.3. The summed E-state index contributed by atoms with van der Waals surface area (Å²) in [6, 6.07) is 0. The zero-order chi connectivity index (χ0) is 17.4. The van der Waals surface area contributed by atoms with Gasteiger partial charge in [0.1, 0.15) is 6.10 Å². The Balaban J connectivity index is -0.00000242. The summed E-state index contributed by atoms with van der Waals surface area (Å²) in [5.74, 6) is 0. The lowest BCUT2D eigenvalue weighted by molar-refractivity contribution is -0.443. The monoisotopic (exact) mass is 387 g/mol. The number of nitrogens with two attached hydrogens (primary N) is 1. The first-order valence-corrected chi connectivity index (χ1v) is 9.69. The third kappa shape index (κ3) is 16.9. The van der Waals surface area contributed by atoms with Gasteiger partial charge in [0.25, 0.3) is 0 Å². The van der Waals surface area contributed by atoms with Crippen molar-refractivity contribution in [3.63, 3.8) is 0 Å². The van der Waals surface area contributed by atoms with Crippen molar-refractivity contribution in [1.82, 2.24) is 0 Å². The molecule has 4 N–H and O–H groups in total. The van der Waals surface area contributed by atoms with Gasteiger partial charge in [0.05, 0.1) is 12.8 Å². The number of allylic oxidation sites excluding steroid dienone is 2. The molecule has 154 valence electrons. The molecule has 0 fully saturated rings. The lowest BCUT2D eigenvalue weighted by Gasteiger charge is -2.18. The van der Waals surface area contributed by atoms with E-state index in [1.165, 1.54) is 12.8 Å². The van der Waals surface area contributed by atoms with Crippen LogP contribution in [0.3, 0.4) is 0 Å². The summed E-state index contributed by atoms with van der Waals surface area (Å²) in [5.41, 5.74) is 5.29. The molecule has 2 unspecified atom stereocenters. The maximum atomic E-state index is 12.0. The molecular formula is C16H38NO7P. The first-order chi connectivity index (χ1) is 11.1. The highest BCUT2D eigenvalue weighted by Crippen LogP contribution is 2.47. The molecule has 0 radical (unpaired) electrons. The van der Waals surface area contributed by atoms with Gasteiger partial charge in [0.15, 0.2) is 0 Å². The van der Waals surface area contributed by atoms with E-state index in [0.717, 1.165) is 25.7 Å². The number of hydrogen-bond donors (Lipinski definition) is 3. The Morgan fingerprint density at radius 3 is 2.32 bits per heavy atom. The normalized spacial score (nSPS) is 14.6. The van der Waals surface area contributed by atoms with Crippen LogP contribution < -0.4 is 5.73 Å². The Morgan fingerprint density at radius 1 is 1.12 bits per heavy atom. The van der Waals surface area contributed by atoms with Gasteiger partial charge in [0, 0.05) is 6.54 Å². The lowest BCUT2D eigenvalue weighted by Crippen LogP contribution is -2.20. The van der Waals surface area contributed by atoms with Gasteiger partial charge < -0.3 is 10.3 Å². The first-order valence-electron chi connectivity index (χ1n) is 7.96. The minimum atomic E-state index is -3.64. The van der Waals surface area contributed by atoms with E-state index in [0.29, 0.717) is 6.42 Å². The Morgan fingerprint density at radius 2 is 1.76 bits per heavy atom. The molecule has 0 aliphatic carbocycles. The molecule has 0 saturated heterocycles. The van der Waals surface area contributed by atoms with E-state index in [1.807, 2.05) is 6.92 Å². The molecule has 0 aliphatic rings. The van der Waals surface area contributed by atoms with Crippen LogP contribution in [-0.2, 0) is 23.7 Å². The predicted molar refractivity (Wildman–Crippen MR) is 100 cm³/mol.